The lowest BCUT2D eigenvalue weighted by Crippen LogP contribution is -2.34. The van der Waals surface area contributed by atoms with Crippen LogP contribution in [0, 0.1) is 0 Å². The van der Waals surface area contributed by atoms with Crippen LogP contribution in [0.2, 0.25) is 0 Å². The molecule has 1 N–H and O–H groups in total. The van der Waals surface area contributed by atoms with E-state index in [0.717, 1.165) is 29.0 Å². The smallest absolute Gasteiger partial charge is 0.335 e. The highest BCUT2D eigenvalue weighted by atomic mass is 16.7. The molecule has 5 rings (SSSR count). The highest BCUT2D eigenvalue weighted by Crippen LogP contribution is 2.47. The van der Waals surface area contributed by atoms with Gasteiger partial charge in [0.2, 0.25) is 6.79 Å². The fourth-order valence-corrected chi connectivity index (χ4v) is 5.27. The Morgan fingerprint density at radius 1 is 0.758 bits per heavy atom. The van der Waals surface area contributed by atoms with Crippen molar-refractivity contribution in [3.8, 4) is 11.5 Å². The van der Waals surface area contributed by atoms with Crippen LogP contribution in [-0.2, 0) is 10.8 Å². The molecule has 4 nitrogen and oxygen atoms in total. The summed E-state index contributed by atoms with van der Waals surface area (Å²) in [6, 6.07) is 20.2. The fraction of sp³-hybridized carbons (Fsp3) is 0.345. The summed E-state index contributed by atoms with van der Waals surface area (Å²) in [5.41, 5.74) is 6.71. The first kappa shape index (κ1) is 21.6. The maximum Gasteiger partial charge on any atom is 0.335 e. The molecule has 170 valence electrons. The molecule has 3 aromatic rings. The number of ether oxygens (including phenoxy) is 2. The Kier molecular flexibility index (Phi) is 5.00. The van der Waals surface area contributed by atoms with Gasteiger partial charge in [0.25, 0.3) is 0 Å². The summed E-state index contributed by atoms with van der Waals surface area (Å²) in [6.07, 6.45) is 2.33. The van der Waals surface area contributed by atoms with Gasteiger partial charge in [0.05, 0.1) is 5.56 Å². The molecular weight excluding hydrogens is 412 g/mol. The van der Waals surface area contributed by atoms with E-state index >= 15 is 0 Å². The van der Waals surface area contributed by atoms with Crippen LogP contribution in [0.15, 0.2) is 60.7 Å². The Balaban J connectivity index is 1.67. The molecule has 33 heavy (non-hydrogen) atoms. The molecule has 0 radical (unpaired) electrons. The van der Waals surface area contributed by atoms with Crippen LogP contribution in [0.3, 0.4) is 0 Å². The minimum atomic E-state index is -0.918. The molecule has 0 saturated carbocycles. The Labute approximate surface area is 195 Å². The van der Waals surface area contributed by atoms with Crippen LogP contribution in [-0.4, -0.2) is 17.9 Å². The van der Waals surface area contributed by atoms with Crippen LogP contribution >= 0.6 is 0 Å². The maximum absolute atomic E-state index is 11.4. The number of carboxylic acids is 1. The van der Waals surface area contributed by atoms with E-state index in [4.69, 9.17) is 9.47 Å². The lowest BCUT2D eigenvalue weighted by atomic mass is 9.62. The molecule has 3 aromatic carbocycles. The van der Waals surface area contributed by atoms with E-state index in [1.165, 1.54) is 23.1 Å². The molecule has 1 aliphatic carbocycles. The van der Waals surface area contributed by atoms with Gasteiger partial charge in [-0.05, 0) is 75.8 Å². The third-order valence-electron chi connectivity index (χ3n) is 7.43. The van der Waals surface area contributed by atoms with Gasteiger partial charge >= 0.3 is 5.97 Å². The minimum Gasteiger partial charge on any atom is -0.478 e. The van der Waals surface area contributed by atoms with Gasteiger partial charge in [-0.3, -0.25) is 0 Å². The number of aromatic carboxylic acids is 1. The molecular formula is C29H30O4. The van der Waals surface area contributed by atoms with Gasteiger partial charge in [0.15, 0.2) is 11.5 Å². The number of rotatable bonds is 4. The van der Waals surface area contributed by atoms with E-state index in [0.29, 0.717) is 0 Å². The first-order chi connectivity index (χ1) is 15.7. The summed E-state index contributed by atoms with van der Waals surface area (Å²) >= 11 is 0. The maximum atomic E-state index is 11.4. The second kappa shape index (κ2) is 7.65. The SMILES string of the molecule is CC1(C)CCC(C)(C)c2cc(C(c3ccc(C(=O)O)cc3)c3ccc4c(c3)OCO4)ccc21. The number of hydrogen-bond acceptors (Lipinski definition) is 3. The van der Waals surface area contributed by atoms with E-state index in [2.05, 4.69) is 52.0 Å². The van der Waals surface area contributed by atoms with Crippen molar-refractivity contribution < 1.29 is 19.4 Å². The Morgan fingerprint density at radius 3 is 2.03 bits per heavy atom. The highest BCUT2D eigenvalue weighted by molar-refractivity contribution is 5.87. The summed E-state index contributed by atoms with van der Waals surface area (Å²) in [7, 11) is 0. The number of hydrogen-bond donors (Lipinski definition) is 1. The summed E-state index contributed by atoms with van der Waals surface area (Å²) in [5, 5.41) is 9.36. The molecule has 4 heteroatoms. The zero-order valence-corrected chi connectivity index (χ0v) is 19.6. The molecule has 0 bridgehead atoms. The standard InChI is InChI=1S/C29H30O4/c1-28(2)13-14-29(3,4)23-15-20(9-11-22(23)28)26(18-5-7-19(8-6-18)27(30)31)21-10-12-24-25(16-21)33-17-32-24/h5-12,15-16,26H,13-14,17H2,1-4H3,(H,30,31). The Morgan fingerprint density at radius 2 is 1.33 bits per heavy atom. The average molecular weight is 443 g/mol. The van der Waals surface area contributed by atoms with E-state index in [1.807, 2.05) is 24.3 Å². The zero-order chi connectivity index (χ0) is 23.4. The summed E-state index contributed by atoms with van der Waals surface area (Å²) < 4.78 is 11.2. The summed E-state index contributed by atoms with van der Waals surface area (Å²) in [4.78, 5) is 11.4. The van der Waals surface area contributed by atoms with Crippen LogP contribution in [0.25, 0.3) is 0 Å². The topological polar surface area (TPSA) is 55.8 Å². The first-order valence-corrected chi connectivity index (χ1v) is 11.5. The third kappa shape index (κ3) is 3.78. The monoisotopic (exact) mass is 442 g/mol. The van der Waals surface area contributed by atoms with Crippen molar-refractivity contribution in [1.82, 2.24) is 0 Å². The molecule has 2 aliphatic rings. The van der Waals surface area contributed by atoms with Crippen LogP contribution < -0.4 is 9.47 Å². The van der Waals surface area contributed by atoms with Crippen LogP contribution in [0.1, 0.15) is 84.6 Å². The van der Waals surface area contributed by atoms with Crippen LogP contribution in [0.4, 0.5) is 0 Å². The molecule has 1 atom stereocenters. The van der Waals surface area contributed by atoms with Gasteiger partial charge in [0.1, 0.15) is 0 Å². The molecule has 0 aromatic heterocycles. The van der Waals surface area contributed by atoms with Crippen molar-refractivity contribution in [2.24, 2.45) is 0 Å². The van der Waals surface area contributed by atoms with Gasteiger partial charge in [-0.2, -0.15) is 0 Å². The van der Waals surface area contributed by atoms with Crippen LogP contribution in [0.5, 0.6) is 11.5 Å². The second-order valence-electron chi connectivity index (χ2n) is 10.5. The van der Waals surface area contributed by atoms with Crippen molar-refractivity contribution in [3.05, 3.63) is 94.0 Å². The van der Waals surface area contributed by atoms with Gasteiger partial charge in [-0.25, -0.2) is 4.79 Å². The van der Waals surface area contributed by atoms with E-state index in [-0.39, 0.29) is 29.1 Å². The van der Waals surface area contributed by atoms with Crippen molar-refractivity contribution >= 4 is 5.97 Å². The van der Waals surface area contributed by atoms with Crippen molar-refractivity contribution in [1.29, 1.82) is 0 Å². The van der Waals surface area contributed by atoms with Crippen molar-refractivity contribution in [2.45, 2.75) is 57.3 Å². The molecule has 0 amide bonds. The lowest BCUT2D eigenvalue weighted by molar-refractivity contribution is 0.0697. The second-order valence-corrected chi connectivity index (χ2v) is 10.5. The van der Waals surface area contributed by atoms with Crippen molar-refractivity contribution in [3.63, 3.8) is 0 Å². The largest absolute Gasteiger partial charge is 0.478 e. The molecule has 0 spiro atoms. The first-order valence-electron chi connectivity index (χ1n) is 11.5. The quantitative estimate of drug-likeness (QED) is 0.460. The number of fused-ring (bicyclic) bond motifs is 2. The third-order valence-corrected chi connectivity index (χ3v) is 7.43. The predicted molar refractivity (Wildman–Crippen MR) is 129 cm³/mol. The number of carbonyl (C=O) groups is 1. The van der Waals surface area contributed by atoms with Gasteiger partial charge in [-0.1, -0.05) is 64.1 Å². The Bertz CT molecular complexity index is 1220. The van der Waals surface area contributed by atoms with Gasteiger partial charge in [0, 0.05) is 5.92 Å². The van der Waals surface area contributed by atoms with Gasteiger partial charge < -0.3 is 14.6 Å². The summed E-state index contributed by atoms with van der Waals surface area (Å²) in [6.45, 7) is 9.57. The molecule has 1 heterocycles. The Hall–Kier alpha value is -3.27. The van der Waals surface area contributed by atoms with Crippen molar-refractivity contribution in [2.75, 3.05) is 6.79 Å². The van der Waals surface area contributed by atoms with E-state index in [9.17, 15) is 9.90 Å². The minimum absolute atomic E-state index is 0.0477. The predicted octanol–water partition coefficient (Wildman–Crippen LogP) is 6.64. The normalized spacial score (nSPS) is 18.4. The van der Waals surface area contributed by atoms with Gasteiger partial charge in [-0.15, -0.1) is 0 Å². The summed E-state index contributed by atoms with van der Waals surface area (Å²) in [5.74, 6) is 0.540. The fourth-order valence-electron chi connectivity index (χ4n) is 5.27. The molecule has 1 unspecified atom stereocenters. The van der Waals surface area contributed by atoms with E-state index in [1.54, 1.807) is 12.1 Å². The van der Waals surface area contributed by atoms with E-state index < -0.39 is 5.97 Å². The molecule has 0 saturated heterocycles. The highest BCUT2D eigenvalue weighted by Gasteiger charge is 2.37. The zero-order valence-electron chi connectivity index (χ0n) is 19.6. The lowest BCUT2D eigenvalue weighted by Gasteiger charge is -2.42. The molecule has 0 fully saturated rings. The number of carboxylic acid groups (broad SMARTS) is 1. The molecule has 1 aliphatic heterocycles. The number of benzene rings is 3. The average Bonchev–Trinajstić information content (AvgIpc) is 3.26.